The molecule has 0 saturated carbocycles. The van der Waals surface area contributed by atoms with Gasteiger partial charge in [-0.25, -0.2) is 9.18 Å². The third-order valence-corrected chi connectivity index (χ3v) is 6.53. The lowest BCUT2D eigenvalue weighted by Crippen LogP contribution is -2.36. The molecule has 33 heavy (non-hydrogen) atoms. The van der Waals surface area contributed by atoms with Gasteiger partial charge in [-0.05, 0) is 70.0 Å². The standard InChI is InChI=1S/C23H22BrFN2O5S/c1-31-15-14-27(23(28)26-22-5-3-2-4-21(22)24)16-17-6-10-19(11-7-17)32-33(29,30)20-12-8-18(25)9-13-20/h2-13H,14-16H2,1H3,(H,26,28). The van der Waals surface area contributed by atoms with E-state index in [0.717, 1.165) is 34.3 Å². The third kappa shape index (κ3) is 7.01. The maximum absolute atomic E-state index is 13.0. The summed E-state index contributed by atoms with van der Waals surface area (Å²) < 4.78 is 48.8. The van der Waals surface area contributed by atoms with Crippen molar-refractivity contribution in [3.8, 4) is 5.75 Å². The van der Waals surface area contributed by atoms with E-state index in [-0.39, 0.29) is 23.2 Å². The van der Waals surface area contributed by atoms with Crippen molar-refractivity contribution in [2.45, 2.75) is 11.4 Å². The first kappa shape index (κ1) is 24.7. The molecule has 3 aromatic rings. The first-order valence-electron chi connectivity index (χ1n) is 9.87. The van der Waals surface area contributed by atoms with Gasteiger partial charge in [0, 0.05) is 24.7 Å². The molecule has 0 radical (unpaired) electrons. The van der Waals surface area contributed by atoms with Crippen molar-refractivity contribution in [3.05, 3.63) is 88.6 Å². The van der Waals surface area contributed by atoms with E-state index in [4.69, 9.17) is 8.92 Å². The molecule has 0 aromatic heterocycles. The van der Waals surface area contributed by atoms with E-state index in [2.05, 4.69) is 21.2 Å². The fraction of sp³-hybridized carbons (Fsp3) is 0.174. The molecule has 3 aromatic carbocycles. The van der Waals surface area contributed by atoms with Crippen molar-refractivity contribution < 1.29 is 26.5 Å². The van der Waals surface area contributed by atoms with Gasteiger partial charge >= 0.3 is 16.1 Å². The van der Waals surface area contributed by atoms with Crippen LogP contribution >= 0.6 is 15.9 Å². The number of anilines is 1. The highest BCUT2D eigenvalue weighted by Gasteiger charge is 2.18. The number of nitrogens with one attached hydrogen (secondary N) is 1. The van der Waals surface area contributed by atoms with Crippen LogP contribution in [0.15, 0.2) is 82.2 Å². The summed E-state index contributed by atoms with van der Waals surface area (Å²) in [6.07, 6.45) is 0. The van der Waals surface area contributed by atoms with Gasteiger partial charge < -0.3 is 19.1 Å². The van der Waals surface area contributed by atoms with Gasteiger partial charge in [0.05, 0.1) is 12.3 Å². The van der Waals surface area contributed by atoms with Crippen LogP contribution < -0.4 is 9.50 Å². The minimum atomic E-state index is -4.09. The van der Waals surface area contributed by atoms with E-state index in [1.165, 1.54) is 12.1 Å². The topological polar surface area (TPSA) is 84.9 Å². The van der Waals surface area contributed by atoms with Crippen molar-refractivity contribution in [2.75, 3.05) is 25.6 Å². The molecule has 1 N–H and O–H groups in total. The van der Waals surface area contributed by atoms with Gasteiger partial charge in [0.2, 0.25) is 0 Å². The number of hydrogen-bond acceptors (Lipinski definition) is 5. The SMILES string of the molecule is COCCN(Cc1ccc(OS(=O)(=O)c2ccc(F)cc2)cc1)C(=O)Nc1ccccc1Br. The summed E-state index contributed by atoms with van der Waals surface area (Å²) in [6, 6.07) is 17.7. The lowest BCUT2D eigenvalue weighted by Gasteiger charge is -2.23. The minimum Gasteiger partial charge on any atom is -0.383 e. The number of halogens is 2. The first-order chi connectivity index (χ1) is 15.8. The second kappa shape index (κ2) is 11.3. The Morgan fingerprint density at radius 3 is 2.33 bits per heavy atom. The minimum absolute atomic E-state index is 0.101. The normalized spacial score (nSPS) is 11.1. The Bertz CT molecular complexity index is 1190. The largest absolute Gasteiger partial charge is 0.383 e. The van der Waals surface area contributed by atoms with Crippen LogP contribution in [-0.4, -0.2) is 39.6 Å². The van der Waals surface area contributed by atoms with Gasteiger partial charge in [0.1, 0.15) is 16.5 Å². The lowest BCUT2D eigenvalue weighted by molar-refractivity contribution is 0.153. The fourth-order valence-electron chi connectivity index (χ4n) is 2.86. The van der Waals surface area contributed by atoms with Gasteiger partial charge in [-0.3, -0.25) is 0 Å². The second-order valence-electron chi connectivity index (χ2n) is 6.96. The Morgan fingerprint density at radius 2 is 1.70 bits per heavy atom. The highest BCUT2D eigenvalue weighted by Crippen LogP contribution is 2.23. The summed E-state index contributed by atoms with van der Waals surface area (Å²) in [5.74, 6) is -0.441. The summed E-state index contributed by atoms with van der Waals surface area (Å²) in [5, 5.41) is 2.86. The van der Waals surface area contributed by atoms with E-state index in [9.17, 15) is 17.6 Å². The quantitative estimate of drug-likeness (QED) is 0.387. The van der Waals surface area contributed by atoms with Gasteiger partial charge in [-0.1, -0.05) is 24.3 Å². The van der Waals surface area contributed by atoms with Crippen LogP contribution in [0, 0.1) is 5.82 Å². The predicted octanol–water partition coefficient (Wildman–Crippen LogP) is 5.04. The number of nitrogens with zero attached hydrogens (tertiary/aromatic N) is 1. The zero-order chi connectivity index (χ0) is 23.8. The average Bonchev–Trinajstić information content (AvgIpc) is 2.79. The molecule has 3 rings (SSSR count). The molecular formula is C23H22BrFN2O5S. The Labute approximate surface area is 200 Å². The van der Waals surface area contributed by atoms with Crippen LogP contribution in [0.1, 0.15) is 5.56 Å². The monoisotopic (exact) mass is 536 g/mol. The summed E-state index contributed by atoms with van der Waals surface area (Å²) in [7, 11) is -2.54. The van der Waals surface area contributed by atoms with Crippen LogP contribution in [0.25, 0.3) is 0 Å². The molecule has 0 atom stereocenters. The molecule has 2 amide bonds. The first-order valence-corrected chi connectivity index (χ1v) is 12.1. The molecule has 0 aliphatic heterocycles. The zero-order valence-electron chi connectivity index (χ0n) is 17.7. The van der Waals surface area contributed by atoms with Crippen molar-refractivity contribution >= 4 is 37.8 Å². The fourth-order valence-corrected chi connectivity index (χ4v) is 4.17. The van der Waals surface area contributed by atoms with Crippen molar-refractivity contribution in [1.29, 1.82) is 0 Å². The number of amides is 2. The van der Waals surface area contributed by atoms with Gasteiger partial charge in [0.15, 0.2) is 0 Å². The maximum atomic E-state index is 13.0. The molecule has 0 heterocycles. The van der Waals surface area contributed by atoms with E-state index in [1.807, 2.05) is 18.2 Å². The predicted molar refractivity (Wildman–Crippen MR) is 126 cm³/mol. The van der Waals surface area contributed by atoms with Crippen LogP contribution in [-0.2, 0) is 21.4 Å². The molecule has 0 saturated heterocycles. The van der Waals surface area contributed by atoms with Crippen molar-refractivity contribution in [3.63, 3.8) is 0 Å². The lowest BCUT2D eigenvalue weighted by atomic mass is 10.2. The van der Waals surface area contributed by atoms with Gasteiger partial charge in [-0.2, -0.15) is 8.42 Å². The summed E-state index contributed by atoms with van der Waals surface area (Å²) in [6.45, 7) is 0.967. The molecule has 0 bridgehead atoms. The summed E-state index contributed by atoms with van der Waals surface area (Å²) in [4.78, 5) is 14.2. The van der Waals surface area contributed by atoms with Crippen LogP contribution in [0.5, 0.6) is 5.75 Å². The van der Waals surface area contributed by atoms with Crippen LogP contribution in [0.2, 0.25) is 0 Å². The van der Waals surface area contributed by atoms with E-state index in [1.54, 1.807) is 30.2 Å². The highest BCUT2D eigenvalue weighted by molar-refractivity contribution is 9.10. The Hall–Kier alpha value is -2.95. The van der Waals surface area contributed by atoms with Crippen molar-refractivity contribution in [1.82, 2.24) is 4.90 Å². The maximum Gasteiger partial charge on any atom is 0.339 e. The summed E-state index contributed by atoms with van der Waals surface area (Å²) >= 11 is 3.41. The number of hydrogen-bond donors (Lipinski definition) is 1. The third-order valence-electron chi connectivity index (χ3n) is 4.57. The number of rotatable bonds is 9. The molecule has 0 aliphatic carbocycles. The number of ether oxygens (including phenoxy) is 1. The Morgan fingerprint density at radius 1 is 1.03 bits per heavy atom. The second-order valence-corrected chi connectivity index (χ2v) is 9.36. The smallest absolute Gasteiger partial charge is 0.339 e. The van der Waals surface area contributed by atoms with Crippen molar-refractivity contribution in [2.24, 2.45) is 0 Å². The van der Waals surface area contributed by atoms with Gasteiger partial charge in [-0.15, -0.1) is 0 Å². The number of benzene rings is 3. The molecule has 10 heteroatoms. The number of carbonyl (C=O) groups excluding carboxylic acids is 1. The number of carbonyl (C=O) groups is 1. The molecule has 174 valence electrons. The van der Waals surface area contributed by atoms with E-state index < -0.39 is 15.9 Å². The number of para-hydroxylation sites is 1. The molecule has 0 fully saturated rings. The zero-order valence-corrected chi connectivity index (χ0v) is 20.1. The van der Waals surface area contributed by atoms with Gasteiger partial charge in [0.25, 0.3) is 0 Å². The molecule has 0 spiro atoms. The van der Waals surface area contributed by atoms with E-state index >= 15 is 0 Å². The van der Waals surface area contributed by atoms with Crippen LogP contribution in [0.4, 0.5) is 14.9 Å². The molecular weight excluding hydrogens is 515 g/mol. The Kier molecular flexibility index (Phi) is 8.43. The average molecular weight is 537 g/mol. The Balaban J connectivity index is 1.69. The molecule has 7 nitrogen and oxygen atoms in total. The molecule has 0 unspecified atom stereocenters. The number of urea groups is 1. The van der Waals surface area contributed by atoms with Crippen LogP contribution in [0.3, 0.4) is 0 Å². The van der Waals surface area contributed by atoms with E-state index in [0.29, 0.717) is 18.8 Å². The molecule has 0 aliphatic rings. The highest BCUT2D eigenvalue weighted by atomic mass is 79.9. The summed E-state index contributed by atoms with van der Waals surface area (Å²) in [5.41, 5.74) is 1.40. The number of methoxy groups -OCH3 is 1.